The average molecular weight is 350 g/mol. The van der Waals surface area contributed by atoms with Crippen LogP contribution in [0.15, 0.2) is 36.5 Å². The maximum Gasteiger partial charge on any atom is 0.216 e. The zero-order chi connectivity index (χ0) is 17.0. The molecule has 8 heteroatoms. The van der Waals surface area contributed by atoms with Gasteiger partial charge in [0.2, 0.25) is 10.0 Å². The Hall–Kier alpha value is -2.06. The zero-order valence-electron chi connectivity index (χ0n) is 13.2. The van der Waals surface area contributed by atoms with Crippen LogP contribution in [0, 0.1) is 5.82 Å². The van der Waals surface area contributed by atoms with E-state index in [0.717, 1.165) is 31.7 Å². The predicted molar refractivity (Wildman–Crippen MR) is 89.3 cm³/mol. The summed E-state index contributed by atoms with van der Waals surface area (Å²) in [5.74, 6) is 0.504. The van der Waals surface area contributed by atoms with E-state index < -0.39 is 15.8 Å². The van der Waals surface area contributed by atoms with Crippen LogP contribution in [0.5, 0.6) is 0 Å². The molecule has 0 saturated carbocycles. The van der Waals surface area contributed by atoms with Gasteiger partial charge in [-0.25, -0.2) is 27.5 Å². The van der Waals surface area contributed by atoms with Crippen LogP contribution >= 0.6 is 0 Å². The number of hydrogen-bond acceptors (Lipinski definition) is 5. The van der Waals surface area contributed by atoms with Crippen LogP contribution in [0.25, 0.3) is 0 Å². The first-order valence-corrected chi connectivity index (χ1v) is 9.46. The Morgan fingerprint density at radius 2 is 2.00 bits per heavy atom. The maximum absolute atomic E-state index is 13.1. The van der Waals surface area contributed by atoms with Crippen LogP contribution in [0.2, 0.25) is 0 Å². The second kappa shape index (κ2) is 7.23. The first-order valence-electron chi connectivity index (χ1n) is 7.80. The molecular weight excluding hydrogens is 331 g/mol. The van der Waals surface area contributed by atoms with Crippen LogP contribution in [0.1, 0.15) is 24.2 Å². The minimum atomic E-state index is -3.59. The van der Waals surface area contributed by atoms with Gasteiger partial charge >= 0.3 is 0 Å². The minimum Gasteiger partial charge on any atom is -0.357 e. The third-order valence-electron chi connectivity index (χ3n) is 3.82. The third-order valence-corrected chi connectivity index (χ3v) is 5.11. The van der Waals surface area contributed by atoms with Crippen molar-refractivity contribution < 1.29 is 12.8 Å². The van der Waals surface area contributed by atoms with E-state index in [1.807, 2.05) is 6.07 Å². The molecule has 1 aliphatic heterocycles. The highest BCUT2D eigenvalue weighted by Crippen LogP contribution is 2.17. The van der Waals surface area contributed by atoms with Crippen molar-refractivity contribution in [2.45, 2.75) is 25.1 Å². The Morgan fingerprint density at radius 3 is 2.75 bits per heavy atom. The highest BCUT2D eigenvalue weighted by molar-refractivity contribution is 7.88. The van der Waals surface area contributed by atoms with Crippen LogP contribution in [0.4, 0.5) is 10.2 Å². The molecule has 6 nitrogen and oxygen atoms in total. The molecule has 1 saturated heterocycles. The summed E-state index contributed by atoms with van der Waals surface area (Å²) in [5.41, 5.74) is 0.397. The summed E-state index contributed by atoms with van der Waals surface area (Å²) in [6, 6.07) is 7.39. The topological polar surface area (TPSA) is 75.2 Å². The lowest BCUT2D eigenvalue weighted by Crippen LogP contribution is -2.26. The van der Waals surface area contributed by atoms with Gasteiger partial charge in [-0.05, 0) is 36.6 Å². The summed E-state index contributed by atoms with van der Waals surface area (Å²) in [6.07, 6.45) is 3.91. The summed E-state index contributed by atoms with van der Waals surface area (Å²) in [4.78, 5) is 10.7. The average Bonchev–Trinajstić information content (AvgIpc) is 3.07. The Labute approximate surface area is 140 Å². The minimum absolute atomic E-state index is 0.0132. The van der Waals surface area contributed by atoms with E-state index in [4.69, 9.17) is 0 Å². The number of sulfonamides is 1. The van der Waals surface area contributed by atoms with Crippen LogP contribution < -0.4 is 9.62 Å². The zero-order valence-corrected chi connectivity index (χ0v) is 14.0. The SMILES string of the molecule is O=S(=O)(Cc1cccc(F)c1)NCc1nccc(N2CCCC2)n1. The molecule has 24 heavy (non-hydrogen) atoms. The highest BCUT2D eigenvalue weighted by Gasteiger charge is 2.16. The van der Waals surface area contributed by atoms with E-state index in [1.165, 1.54) is 18.2 Å². The number of anilines is 1. The first-order chi connectivity index (χ1) is 11.5. The Morgan fingerprint density at radius 1 is 1.21 bits per heavy atom. The number of rotatable bonds is 6. The number of hydrogen-bond donors (Lipinski definition) is 1. The lowest BCUT2D eigenvalue weighted by atomic mass is 10.2. The first kappa shape index (κ1) is 16.8. The van der Waals surface area contributed by atoms with E-state index in [0.29, 0.717) is 11.4 Å². The lowest BCUT2D eigenvalue weighted by molar-refractivity contribution is 0.578. The van der Waals surface area contributed by atoms with Crippen molar-refractivity contribution in [3.8, 4) is 0 Å². The van der Waals surface area contributed by atoms with Crippen molar-refractivity contribution in [2.75, 3.05) is 18.0 Å². The molecule has 0 unspecified atom stereocenters. The van der Waals surface area contributed by atoms with Gasteiger partial charge in [0.05, 0.1) is 12.3 Å². The van der Waals surface area contributed by atoms with Gasteiger partial charge in [-0.3, -0.25) is 0 Å². The molecule has 1 aliphatic rings. The van der Waals surface area contributed by atoms with Crippen molar-refractivity contribution in [3.63, 3.8) is 0 Å². The summed E-state index contributed by atoms with van der Waals surface area (Å²) < 4.78 is 39.9. The van der Waals surface area contributed by atoms with Gasteiger partial charge in [0.1, 0.15) is 17.5 Å². The molecule has 3 rings (SSSR count). The molecule has 0 amide bonds. The van der Waals surface area contributed by atoms with Gasteiger partial charge in [-0.15, -0.1) is 0 Å². The summed E-state index contributed by atoms with van der Waals surface area (Å²) in [5, 5.41) is 0. The van der Waals surface area contributed by atoms with Gasteiger partial charge < -0.3 is 4.90 Å². The van der Waals surface area contributed by atoms with E-state index in [2.05, 4.69) is 19.6 Å². The largest absolute Gasteiger partial charge is 0.357 e. The molecule has 1 aromatic heterocycles. The van der Waals surface area contributed by atoms with Crippen molar-refractivity contribution in [3.05, 3.63) is 53.7 Å². The molecule has 128 valence electrons. The van der Waals surface area contributed by atoms with Crippen LogP contribution in [-0.2, 0) is 22.3 Å². The molecule has 0 bridgehead atoms. The summed E-state index contributed by atoms with van der Waals surface area (Å²) in [6.45, 7) is 1.93. The molecule has 2 heterocycles. The summed E-state index contributed by atoms with van der Waals surface area (Å²) in [7, 11) is -3.59. The molecular formula is C16H19FN4O2S. The molecule has 0 radical (unpaired) electrons. The second-order valence-corrected chi connectivity index (χ2v) is 7.54. The van der Waals surface area contributed by atoms with E-state index in [-0.39, 0.29) is 12.3 Å². The van der Waals surface area contributed by atoms with Crippen molar-refractivity contribution >= 4 is 15.8 Å². The molecule has 2 aromatic rings. The fraction of sp³-hybridized carbons (Fsp3) is 0.375. The smallest absolute Gasteiger partial charge is 0.216 e. The van der Waals surface area contributed by atoms with Crippen molar-refractivity contribution in [2.24, 2.45) is 0 Å². The van der Waals surface area contributed by atoms with E-state index in [1.54, 1.807) is 12.3 Å². The monoisotopic (exact) mass is 350 g/mol. The predicted octanol–water partition coefficient (Wildman–Crippen LogP) is 1.84. The van der Waals surface area contributed by atoms with Crippen LogP contribution in [0.3, 0.4) is 0 Å². The van der Waals surface area contributed by atoms with Gasteiger partial charge in [0.25, 0.3) is 0 Å². The van der Waals surface area contributed by atoms with Crippen LogP contribution in [-0.4, -0.2) is 31.5 Å². The van der Waals surface area contributed by atoms with Gasteiger partial charge in [-0.1, -0.05) is 12.1 Å². The van der Waals surface area contributed by atoms with E-state index >= 15 is 0 Å². The summed E-state index contributed by atoms with van der Waals surface area (Å²) >= 11 is 0. The Kier molecular flexibility index (Phi) is 5.06. The van der Waals surface area contributed by atoms with Gasteiger partial charge in [0, 0.05) is 19.3 Å². The molecule has 1 fully saturated rings. The molecule has 0 aliphatic carbocycles. The molecule has 1 aromatic carbocycles. The normalized spacial score (nSPS) is 15.0. The maximum atomic E-state index is 13.1. The quantitative estimate of drug-likeness (QED) is 0.860. The van der Waals surface area contributed by atoms with Gasteiger partial charge in [-0.2, -0.15) is 0 Å². The number of nitrogens with zero attached hydrogens (tertiary/aromatic N) is 3. The molecule has 0 spiro atoms. The number of halogens is 1. The number of nitrogens with one attached hydrogen (secondary N) is 1. The number of benzene rings is 1. The lowest BCUT2D eigenvalue weighted by Gasteiger charge is -2.16. The fourth-order valence-electron chi connectivity index (χ4n) is 2.67. The molecule has 0 atom stereocenters. The highest BCUT2D eigenvalue weighted by atomic mass is 32.2. The number of aromatic nitrogens is 2. The van der Waals surface area contributed by atoms with Crippen molar-refractivity contribution in [1.29, 1.82) is 0 Å². The van der Waals surface area contributed by atoms with Crippen molar-refractivity contribution in [1.82, 2.24) is 14.7 Å². The fourth-order valence-corrected chi connectivity index (χ4v) is 3.74. The van der Waals surface area contributed by atoms with E-state index in [9.17, 15) is 12.8 Å². The van der Waals surface area contributed by atoms with Gasteiger partial charge in [0.15, 0.2) is 0 Å². The molecule has 1 N–H and O–H groups in total. The Bertz CT molecular complexity index is 807. The Balaban J connectivity index is 1.63. The second-order valence-electron chi connectivity index (χ2n) is 5.74. The standard InChI is InChI=1S/C16H19FN4O2S/c17-14-5-3-4-13(10-14)12-24(22,23)19-11-15-18-7-6-16(20-15)21-8-1-2-9-21/h3-7,10,19H,1-2,8-9,11-12H2. The third kappa shape index (κ3) is 4.48.